The predicted octanol–water partition coefficient (Wildman–Crippen LogP) is 2.73. The SMILES string of the molecule is Cc1cccc2cc(CNC(O)c3nccnc3N)c(N(C)Cc3cccnc3)nc12. The van der Waals surface area contributed by atoms with Gasteiger partial charge < -0.3 is 15.7 Å². The Morgan fingerprint density at radius 3 is 2.74 bits per heavy atom. The van der Waals surface area contributed by atoms with Crippen molar-refractivity contribution in [1.82, 2.24) is 25.3 Å². The molecule has 4 aromatic rings. The van der Waals surface area contributed by atoms with Crippen LogP contribution in [0, 0.1) is 6.92 Å². The maximum Gasteiger partial charge on any atom is 0.152 e. The highest BCUT2D eigenvalue weighted by molar-refractivity contribution is 5.84. The number of pyridine rings is 2. The second-order valence-electron chi connectivity index (χ2n) is 7.45. The molecule has 31 heavy (non-hydrogen) atoms. The maximum absolute atomic E-state index is 10.5. The molecule has 1 atom stereocenters. The number of hydrogen-bond acceptors (Lipinski definition) is 8. The van der Waals surface area contributed by atoms with Gasteiger partial charge in [-0.25, -0.2) is 9.97 Å². The van der Waals surface area contributed by atoms with Crippen LogP contribution >= 0.6 is 0 Å². The minimum atomic E-state index is -1.04. The number of nitrogens with zero attached hydrogens (tertiary/aromatic N) is 5. The Morgan fingerprint density at radius 2 is 1.97 bits per heavy atom. The van der Waals surface area contributed by atoms with Crippen molar-refractivity contribution < 1.29 is 5.11 Å². The molecule has 3 heterocycles. The molecular formula is C23H25N7O. The van der Waals surface area contributed by atoms with E-state index in [-0.39, 0.29) is 5.82 Å². The molecule has 8 heteroatoms. The molecule has 0 aliphatic rings. The van der Waals surface area contributed by atoms with E-state index in [4.69, 9.17) is 10.7 Å². The van der Waals surface area contributed by atoms with Gasteiger partial charge in [-0.1, -0.05) is 24.3 Å². The van der Waals surface area contributed by atoms with Crippen LogP contribution in [0.25, 0.3) is 10.9 Å². The van der Waals surface area contributed by atoms with Crippen LogP contribution in [0.15, 0.2) is 61.2 Å². The summed E-state index contributed by atoms with van der Waals surface area (Å²) in [6.45, 7) is 3.09. The first-order chi connectivity index (χ1) is 15.0. The van der Waals surface area contributed by atoms with Gasteiger partial charge in [-0.05, 0) is 30.2 Å². The molecule has 0 saturated carbocycles. The molecular weight excluding hydrogens is 390 g/mol. The molecule has 4 N–H and O–H groups in total. The van der Waals surface area contributed by atoms with Crippen LogP contribution < -0.4 is 16.0 Å². The number of nitrogen functional groups attached to an aromatic ring is 1. The summed E-state index contributed by atoms with van der Waals surface area (Å²) in [6.07, 6.45) is 5.56. The quantitative estimate of drug-likeness (QED) is 0.395. The molecule has 0 bridgehead atoms. The van der Waals surface area contributed by atoms with Gasteiger partial charge in [0.15, 0.2) is 6.23 Å². The van der Waals surface area contributed by atoms with Gasteiger partial charge in [0.1, 0.15) is 17.3 Å². The van der Waals surface area contributed by atoms with Crippen molar-refractivity contribution in [1.29, 1.82) is 0 Å². The van der Waals surface area contributed by atoms with E-state index < -0.39 is 6.23 Å². The molecule has 0 fully saturated rings. The van der Waals surface area contributed by atoms with Crippen molar-refractivity contribution in [3.8, 4) is 0 Å². The minimum Gasteiger partial charge on any atom is -0.382 e. The smallest absolute Gasteiger partial charge is 0.152 e. The standard InChI is InChI=1S/C23H25N7O/c1-15-5-3-7-17-11-18(13-28-23(31)20-21(24)27-10-9-26-20)22(29-19(15)17)30(2)14-16-6-4-8-25-12-16/h3-12,23,28,31H,13-14H2,1-2H3,(H2,24,27). The zero-order valence-electron chi connectivity index (χ0n) is 17.5. The van der Waals surface area contributed by atoms with E-state index in [0.717, 1.165) is 33.4 Å². The van der Waals surface area contributed by atoms with Crippen LogP contribution in [0.1, 0.15) is 28.6 Å². The maximum atomic E-state index is 10.5. The lowest BCUT2D eigenvalue weighted by Crippen LogP contribution is -2.25. The number of hydrogen-bond donors (Lipinski definition) is 3. The normalized spacial score (nSPS) is 12.1. The lowest BCUT2D eigenvalue weighted by atomic mass is 10.1. The lowest BCUT2D eigenvalue weighted by Gasteiger charge is -2.23. The van der Waals surface area contributed by atoms with E-state index in [1.807, 2.05) is 37.5 Å². The van der Waals surface area contributed by atoms with E-state index in [2.05, 4.69) is 44.2 Å². The summed E-state index contributed by atoms with van der Waals surface area (Å²) >= 11 is 0. The van der Waals surface area contributed by atoms with Gasteiger partial charge in [0.2, 0.25) is 0 Å². The summed E-state index contributed by atoms with van der Waals surface area (Å²) in [5, 5.41) is 14.7. The van der Waals surface area contributed by atoms with E-state index >= 15 is 0 Å². The Hall–Kier alpha value is -3.62. The first-order valence-corrected chi connectivity index (χ1v) is 10.00. The number of aliphatic hydroxyl groups excluding tert-OH is 1. The fraction of sp³-hybridized carbons (Fsp3) is 0.217. The lowest BCUT2D eigenvalue weighted by molar-refractivity contribution is 0.133. The van der Waals surface area contributed by atoms with E-state index in [1.165, 1.54) is 12.4 Å². The summed E-state index contributed by atoms with van der Waals surface area (Å²) in [5.74, 6) is 1.03. The summed E-state index contributed by atoms with van der Waals surface area (Å²) in [6, 6.07) is 12.2. The molecule has 0 spiro atoms. The Kier molecular flexibility index (Phi) is 6.01. The summed E-state index contributed by atoms with van der Waals surface area (Å²) in [7, 11) is 2.00. The molecule has 1 aromatic carbocycles. The van der Waals surface area contributed by atoms with Crippen LogP contribution in [0.4, 0.5) is 11.6 Å². The second-order valence-corrected chi connectivity index (χ2v) is 7.45. The van der Waals surface area contributed by atoms with Gasteiger partial charge >= 0.3 is 0 Å². The molecule has 0 saturated heterocycles. The predicted molar refractivity (Wildman–Crippen MR) is 121 cm³/mol. The van der Waals surface area contributed by atoms with Crippen molar-refractivity contribution in [2.24, 2.45) is 0 Å². The Bertz CT molecular complexity index is 1180. The molecule has 0 amide bonds. The van der Waals surface area contributed by atoms with Crippen LogP contribution in [0.3, 0.4) is 0 Å². The third kappa shape index (κ3) is 4.60. The zero-order chi connectivity index (χ0) is 21.8. The molecule has 8 nitrogen and oxygen atoms in total. The highest BCUT2D eigenvalue weighted by Crippen LogP contribution is 2.26. The summed E-state index contributed by atoms with van der Waals surface area (Å²) in [4.78, 5) is 19.4. The van der Waals surface area contributed by atoms with Crippen LogP contribution in [-0.2, 0) is 13.1 Å². The number of benzene rings is 1. The number of anilines is 2. The molecule has 0 aliphatic heterocycles. The number of nitrogens with one attached hydrogen (secondary N) is 1. The largest absolute Gasteiger partial charge is 0.382 e. The molecule has 4 rings (SSSR count). The number of rotatable bonds is 7. The first-order valence-electron chi connectivity index (χ1n) is 10.00. The molecule has 158 valence electrons. The first kappa shape index (κ1) is 20.6. The van der Waals surface area contributed by atoms with Crippen molar-refractivity contribution in [3.63, 3.8) is 0 Å². The Labute approximate surface area is 180 Å². The fourth-order valence-electron chi connectivity index (χ4n) is 3.56. The van der Waals surface area contributed by atoms with Gasteiger partial charge in [0, 0.05) is 55.9 Å². The highest BCUT2D eigenvalue weighted by atomic mass is 16.3. The van der Waals surface area contributed by atoms with Crippen LogP contribution in [0.5, 0.6) is 0 Å². The summed E-state index contributed by atoms with van der Waals surface area (Å²) < 4.78 is 0. The topological polar surface area (TPSA) is 113 Å². The van der Waals surface area contributed by atoms with Crippen molar-refractivity contribution in [2.75, 3.05) is 17.7 Å². The molecule has 0 aliphatic carbocycles. The Balaban J connectivity index is 1.65. The van der Waals surface area contributed by atoms with Gasteiger partial charge in [-0.2, -0.15) is 0 Å². The van der Waals surface area contributed by atoms with Gasteiger partial charge in [0.05, 0.1) is 5.52 Å². The third-order valence-electron chi connectivity index (χ3n) is 5.11. The average Bonchev–Trinajstić information content (AvgIpc) is 2.78. The van der Waals surface area contributed by atoms with Gasteiger partial charge in [-0.3, -0.25) is 15.3 Å². The Morgan fingerprint density at radius 1 is 1.13 bits per heavy atom. The second kappa shape index (κ2) is 9.03. The van der Waals surface area contributed by atoms with Crippen molar-refractivity contribution in [2.45, 2.75) is 26.2 Å². The number of nitrogens with two attached hydrogens (primary N) is 1. The number of para-hydroxylation sites is 1. The fourth-order valence-corrected chi connectivity index (χ4v) is 3.56. The van der Waals surface area contributed by atoms with Crippen LogP contribution in [-0.4, -0.2) is 32.1 Å². The number of aromatic nitrogens is 4. The zero-order valence-corrected chi connectivity index (χ0v) is 17.5. The van der Waals surface area contributed by atoms with E-state index in [0.29, 0.717) is 18.8 Å². The van der Waals surface area contributed by atoms with Crippen molar-refractivity contribution in [3.05, 3.63) is 83.6 Å². The van der Waals surface area contributed by atoms with E-state index in [9.17, 15) is 5.11 Å². The molecule has 0 radical (unpaired) electrons. The van der Waals surface area contributed by atoms with Crippen molar-refractivity contribution >= 4 is 22.5 Å². The number of fused-ring (bicyclic) bond motifs is 1. The van der Waals surface area contributed by atoms with Gasteiger partial charge in [-0.15, -0.1) is 0 Å². The molecule has 1 unspecified atom stereocenters. The monoisotopic (exact) mass is 415 g/mol. The highest BCUT2D eigenvalue weighted by Gasteiger charge is 2.17. The minimum absolute atomic E-state index is 0.198. The number of aryl methyl sites for hydroxylation is 1. The molecule has 3 aromatic heterocycles. The van der Waals surface area contributed by atoms with E-state index in [1.54, 1.807) is 6.20 Å². The summed E-state index contributed by atoms with van der Waals surface area (Å²) in [5.41, 5.74) is 10.3. The average molecular weight is 416 g/mol. The number of aliphatic hydroxyl groups is 1. The van der Waals surface area contributed by atoms with Crippen LogP contribution in [0.2, 0.25) is 0 Å². The van der Waals surface area contributed by atoms with Gasteiger partial charge in [0.25, 0.3) is 0 Å². The third-order valence-corrected chi connectivity index (χ3v) is 5.11.